The molecule has 6 N–H and O–H groups in total. The Morgan fingerprint density at radius 3 is 2.60 bits per heavy atom. The second-order valence-corrected chi connectivity index (χ2v) is 4.00. The van der Waals surface area contributed by atoms with Gasteiger partial charge in [0.25, 0.3) is 5.91 Å². The van der Waals surface area contributed by atoms with E-state index in [0.717, 1.165) is 0 Å². The number of urea groups is 1. The van der Waals surface area contributed by atoms with Gasteiger partial charge < -0.3 is 21.5 Å². The fraction of sp³-hybridized carbons (Fsp3) is 0.250. The summed E-state index contributed by atoms with van der Waals surface area (Å²) in [5.74, 6) is -0.713. The Labute approximate surface area is 115 Å². The molecule has 0 heterocycles. The summed E-state index contributed by atoms with van der Waals surface area (Å²) in [5.41, 5.74) is 10.4. The molecular weight excluding hydrogens is 264 g/mol. The molecule has 8 nitrogen and oxygen atoms in total. The molecule has 1 atom stereocenters. The number of primary amides is 2. The normalized spacial score (nSPS) is 11.2. The first kappa shape index (κ1) is 15.3. The van der Waals surface area contributed by atoms with Crippen LogP contribution >= 0.6 is 0 Å². The number of benzene rings is 1. The van der Waals surface area contributed by atoms with E-state index in [2.05, 4.69) is 5.32 Å². The molecule has 0 aliphatic heterocycles. The van der Waals surface area contributed by atoms with Crippen LogP contribution in [-0.2, 0) is 9.59 Å². The van der Waals surface area contributed by atoms with Crippen LogP contribution in [0.25, 0.3) is 0 Å². The summed E-state index contributed by atoms with van der Waals surface area (Å²) in [7, 11) is 0. The van der Waals surface area contributed by atoms with Crippen LogP contribution in [-0.4, -0.2) is 30.5 Å². The second kappa shape index (κ2) is 6.98. The average molecular weight is 280 g/mol. The lowest BCUT2D eigenvalue weighted by atomic mass is 10.2. The van der Waals surface area contributed by atoms with Gasteiger partial charge in [0.2, 0.25) is 5.91 Å². The fourth-order valence-electron chi connectivity index (χ4n) is 1.38. The minimum Gasteiger partial charge on any atom is -0.484 e. The molecule has 0 aromatic heterocycles. The zero-order chi connectivity index (χ0) is 15.1. The zero-order valence-electron chi connectivity index (χ0n) is 10.9. The third-order valence-corrected chi connectivity index (χ3v) is 2.24. The van der Waals surface area contributed by atoms with Gasteiger partial charge in [0, 0.05) is 11.8 Å². The highest BCUT2D eigenvalue weighted by atomic mass is 16.5. The number of nitrogens with one attached hydrogen (secondary N) is 2. The minimum absolute atomic E-state index is 0.235. The maximum Gasteiger partial charge on any atom is 0.318 e. The van der Waals surface area contributed by atoms with E-state index in [1.807, 2.05) is 5.32 Å². The first-order valence-corrected chi connectivity index (χ1v) is 5.76. The molecule has 1 aromatic rings. The lowest BCUT2D eigenvalue weighted by Crippen LogP contribution is -2.43. The maximum absolute atomic E-state index is 11.5. The number of anilines is 1. The molecule has 4 amide bonds. The zero-order valence-corrected chi connectivity index (χ0v) is 10.9. The fourth-order valence-corrected chi connectivity index (χ4v) is 1.38. The van der Waals surface area contributed by atoms with Gasteiger partial charge in [-0.1, -0.05) is 6.07 Å². The lowest BCUT2D eigenvalue weighted by Gasteiger charge is -2.14. The van der Waals surface area contributed by atoms with Crippen LogP contribution in [0.5, 0.6) is 5.75 Å². The summed E-state index contributed by atoms with van der Waals surface area (Å²) in [4.78, 5) is 32.7. The van der Waals surface area contributed by atoms with Crippen molar-refractivity contribution >= 4 is 23.5 Å². The largest absolute Gasteiger partial charge is 0.484 e. The van der Waals surface area contributed by atoms with Crippen molar-refractivity contribution in [3.05, 3.63) is 24.3 Å². The van der Waals surface area contributed by atoms with Crippen LogP contribution in [0.4, 0.5) is 10.5 Å². The van der Waals surface area contributed by atoms with Crippen LogP contribution in [0.15, 0.2) is 24.3 Å². The Kier molecular flexibility index (Phi) is 5.33. The summed E-state index contributed by atoms with van der Waals surface area (Å²) < 4.78 is 5.13. The number of amides is 4. The van der Waals surface area contributed by atoms with Gasteiger partial charge >= 0.3 is 6.03 Å². The number of ether oxygens (including phenoxy) is 1. The van der Waals surface area contributed by atoms with Crippen LogP contribution in [0, 0.1) is 0 Å². The van der Waals surface area contributed by atoms with E-state index in [1.54, 1.807) is 31.2 Å². The summed E-state index contributed by atoms with van der Waals surface area (Å²) >= 11 is 0. The van der Waals surface area contributed by atoms with Crippen molar-refractivity contribution in [3.63, 3.8) is 0 Å². The first-order chi connectivity index (χ1) is 9.38. The number of hydrogen-bond acceptors (Lipinski definition) is 5. The molecule has 0 aliphatic rings. The van der Waals surface area contributed by atoms with E-state index in [0.29, 0.717) is 11.4 Å². The van der Waals surface area contributed by atoms with Crippen LogP contribution in [0.1, 0.15) is 6.92 Å². The molecule has 1 unspecified atom stereocenters. The van der Waals surface area contributed by atoms with E-state index in [1.165, 1.54) is 0 Å². The monoisotopic (exact) mass is 280 g/mol. The quantitative estimate of drug-likeness (QED) is 0.559. The van der Waals surface area contributed by atoms with Crippen molar-refractivity contribution in [2.75, 3.05) is 11.9 Å². The molecule has 20 heavy (non-hydrogen) atoms. The van der Waals surface area contributed by atoms with Crippen molar-refractivity contribution in [1.29, 1.82) is 0 Å². The molecule has 1 rings (SSSR count). The molecule has 1 aromatic carbocycles. The van der Waals surface area contributed by atoms with Crippen LogP contribution < -0.4 is 26.8 Å². The van der Waals surface area contributed by atoms with Crippen molar-refractivity contribution in [1.82, 2.24) is 5.32 Å². The van der Waals surface area contributed by atoms with E-state index < -0.39 is 23.9 Å². The Morgan fingerprint density at radius 2 is 2.00 bits per heavy atom. The number of rotatable bonds is 6. The standard InChI is InChI=1S/C12H16N4O4/c1-7(11(18)16-12(14)19)15-8-3-2-4-9(5-8)20-6-10(13)17/h2-5,7,15H,6H2,1H3,(H2,13,17)(H3,14,16,18,19). The molecule has 8 heteroatoms. The number of nitrogens with two attached hydrogens (primary N) is 2. The summed E-state index contributed by atoms with van der Waals surface area (Å²) in [5, 5.41) is 4.82. The lowest BCUT2D eigenvalue weighted by molar-refractivity contribution is -0.121. The van der Waals surface area contributed by atoms with E-state index in [4.69, 9.17) is 16.2 Å². The van der Waals surface area contributed by atoms with Gasteiger partial charge in [-0.05, 0) is 19.1 Å². The minimum atomic E-state index is -0.915. The average Bonchev–Trinajstić information content (AvgIpc) is 2.36. The molecule has 0 aliphatic carbocycles. The number of hydrogen-bond donors (Lipinski definition) is 4. The summed E-state index contributed by atoms with van der Waals surface area (Å²) in [6.45, 7) is 1.33. The van der Waals surface area contributed by atoms with Crippen molar-refractivity contribution in [2.45, 2.75) is 13.0 Å². The highest BCUT2D eigenvalue weighted by molar-refractivity contribution is 5.97. The van der Waals surface area contributed by atoms with E-state index in [9.17, 15) is 14.4 Å². The van der Waals surface area contributed by atoms with Gasteiger partial charge in [-0.2, -0.15) is 0 Å². The highest BCUT2D eigenvalue weighted by Gasteiger charge is 2.14. The van der Waals surface area contributed by atoms with E-state index in [-0.39, 0.29) is 6.61 Å². The van der Waals surface area contributed by atoms with Crippen LogP contribution in [0.2, 0.25) is 0 Å². The van der Waals surface area contributed by atoms with Crippen molar-refractivity contribution in [2.24, 2.45) is 11.5 Å². The van der Waals surface area contributed by atoms with Gasteiger partial charge in [0.05, 0.1) is 0 Å². The Balaban J connectivity index is 2.63. The second-order valence-electron chi connectivity index (χ2n) is 4.00. The molecule has 0 saturated carbocycles. The van der Waals surface area contributed by atoms with Gasteiger partial charge in [-0.3, -0.25) is 14.9 Å². The number of carbonyl (C=O) groups is 3. The summed E-state index contributed by atoms with van der Waals surface area (Å²) in [6.07, 6.45) is 0. The third kappa shape index (κ3) is 5.25. The Hall–Kier alpha value is -2.77. The van der Waals surface area contributed by atoms with Crippen molar-refractivity contribution < 1.29 is 19.1 Å². The SMILES string of the molecule is CC(Nc1cccc(OCC(N)=O)c1)C(=O)NC(N)=O. The highest BCUT2D eigenvalue weighted by Crippen LogP contribution is 2.17. The van der Waals surface area contributed by atoms with Gasteiger partial charge in [0.15, 0.2) is 6.61 Å². The first-order valence-electron chi connectivity index (χ1n) is 5.76. The van der Waals surface area contributed by atoms with Gasteiger partial charge in [-0.15, -0.1) is 0 Å². The Bertz CT molecular complexity index is 518. The molecule has 0 saturated heterocycles. The Morgan fingerprint density at radius 1 is 1.30 bits per heavy atom. The van der Waals surface area contributed by atoms with Gasteiger partial charge in [-0.25, -0.2) is 4.79 Å². The summed E-state index contributed by atoms with van der Waals surface area (Å²) in [6, 6.07) is 5.03. The predicted octanol–water partition coefficient (Wildman–Crippen LogP) is -0.454. The molecule has 0 bridgehead atoms. The van der Waals surface area contributed by atoms with E-state index >= 15 is 0 Å². The molecular formula is C12H16N4O4. The number of carbonyl (C=O) groups excluding carboxylic acids is 3. The third-order valence-electron chi connectivity index (χ3n) is 2.24. The maximum atomic E-state index is 11.5. The molecule has 0 spiro atoms. The molecule has 108 valence electrons. The topological polar surface area (TPSA) is 137 Å². The predicted molar refractivity (Wildman–Crippen MR) is 71.9 cm³/mol. The van der Waals surface area contributed by atoms with Crippen LogP contribution in [0.3, 0.4) is 0 Å². The van der Waals surface area contributed by atoms with Gasteiger partial charge in [0.1, 0.15) is 11.8 Å². The van der Waals surface area contributed by atoms with Crippen molar-refractivity contribution in [3.8, 4) is 5.75 Å². The number of imide groups is 1. The molecule has 0 fully saturated rings. The smallest absolute Gasteiger partial charge is 0.318 e. The molecule has 0 radical (unpaired) electrons.